The van der Waals surface area contributed by atoms with Gasteiger partial charge in [-0.1, -0.05) is 51.4 Å². The molecule has 40 heavy (non-hydrogen) atoms. The first-order chi connectivity index (χ1) is 19.9. The zero-order chi connectivity index (χ0) is 26.7. The lowest BCUT2D eigenvalue weighted by Crippen LogP contribution is -2.33. The highest BCUT2D eigenvalue weighted by Gasteiger charge is 2.36. The number of hydrogen-bond donors (Lipinski definition) is 2. The fourth-order valence-electron chi connectivity index (χ4n) is 8.85. The van der Waals surface area contributed by atoms with Gasteiger partial charge in [-0.2, -0.15) is 0 Å². The van der Waals surface area contributed by atoms with Crippen LogP contribution in [0.3, 0.4) is 0 Å². The smallest absolute Gasteiger partial charge is 0.150 e. The van der Waals surface area contributed by atoms with Crippen molar-refractivity contribution in [2.75, 3.05) is 13.1 Å². The number of aromatic nitrogens is 6. The van der Waals surface area contributed by atoms with Crippen LogP contribution in [0.15, 0.2) is 0 Å². The van der Waals surface area contributed by atoms with Crippen LogP contribution in [0.1, 0.15) is 188 Å². The van der Waals surface area contributed by atoms with Crippen molar-refractivity contribution < 1.29 is 0 Å². The first-order valence-electron chi connectivity index (χ1n) is 17.2. The zero-order valence-corrected chi connectivity index (χ0v) is 24.7. The summed E-state index contributed by atoms with van der Waals surface area (Å²) in [4.78, 5) is 0. The third-order valence-electron chi connectivity index (χ3n) is 11.1. The molecular formula is C32H52N8. The number of nitrogens with zero attached hydrogens (tertiary/aromatic N) is 6. The zero-order valence-electron chi connectivity index (χ0n) is 24.7. The molecule has 7 rings (SSSR count). The lowest BCUT2D eigenvalue weighted by Gasteiger charge is -2.36. The summed E-state index contributed by atoms with van der Waals surface area (Å²) in [6.07, 6.45) is 25.7. The van der Waals surface area contributed by atoms with Crippen LogP contribution in [-0.2, 0) is 0 Å². The minimum atomic E-state index is 0.371. The van der Waals surface area contributed by atoms with Gasteiger partial charge in [0.15, 0.2) is 0 Å². The average Bonchev–Trinajstić information content (AvgIpc) is 3.69. The summed E-state index contributed by atoms with van der Waals surface area (Å²) in [7, 11) is 0. The van der Waals surface area contributed by atoms with Gasteiger partial charge in [0.25, 0.3) is 0 Å². The van der Waals surface area contributed by atoms with Gasteiger partial charge in [0.1, 0.15) is 23.3 Å². The summed E-state index contributed by atoms with van der Waals surface area (Å²) in [5, 5.41) is 27.3. The van der Waals surface area contributed by atoms with E-state index in [1.165, 1.54) is 152 Å². The third kappa shape index (κ3) is 5.51. The molecule has 2 aromatic rings. The molecule has 2 saturated heterocycles. The minimum absolute atomic E-state index is 0.371. The third-order valence-corrected chi connectivity index (χ3v) is 11.1. The Morgan fingerprint density at radius 1 is 0.400 bits per heavy atom. The second-order valence-corrected chi connectivity index (χ2v) is 13.7. The fraction of sp³-hybridized carbons (Fsp3) is 0.875. The maximum absolute atomic E-state index is 4.95. The lowest BCUT2D eigenvalue weighted by molar-refractivity contribution is 0.238. The van der Waals surface area contributed by atoms with Crippen LogP contribution in [0.4, 0.5) is 0 Å². The topological polar surface area (TPSA) is 85.5 Å². The predicted molar refractivity (Wildman–Crippen MR) is 157 cm³/mol. The summed E-state index contributed by atoms with van der Waals surface area (Å²) in [6.45, 7) is 2.22. The number of piperidine rings is 2. The quantitative estimate of drug-likeness (QED) is 0.406. The molecule has 2 N–H and O–H groups in total. The fourth-order valence-corrected chi connectivity index (χ4v) is 8.85. The lowest BCUT2D eigenvalue weighted by atomic mass is 9.85. The van der Waals surface area contributed by atoms with Gasteiger partial charge in [-0.25, -0.2) is 0 Å². The Hall–Kier alpha value is -1.80. The highest BCUT2D eigenvalue weighted by Crippen LogP contribution is 2.44. The highest BCUT2D eigenvalue weighted by atomic mass is 15.3. The van der Waals surface area contributed by atoms with Crippen molar-refractivity contribution in [3.05, 3.63) is 23.3 Å². The van der Waals surface area contributed by atoms with Crippen molar-refractivity contribution in [2.24, 2.45) is 0 Å². The Morgan fingerprint density at radius 3 is 1.15 bits per heavy atom. The second-order valence-electron chi connectivity index (χ2n) is 13.7. The molecule has 2 aliphatic heterocycles. The molecule has 2 atom stereocenters. The van der Waals surface area contributed by atoms with E-state index in [9.17, 15) is 0 Å². The van der Waals surface area contributed by atoms with Gasteiger partial charge in [-0.05, 0) is 90.1 Å². The van der Waals surface area contributed by atoms with Gasteiger partial charge >= 0.3 is 0 Å². The molecule has 5 fully saturated rings. The minimum Gasteiger partial charge on any atom is -0.310 e. The molecular weight excluding hydrogens is 496 g/mol. The van der Waals surface area contributed by atoms with Crippen molar-refractivity contribution in [3.8, 4) is 0 Å². The van der Waals surface area contributed by atoms with Gasteiger partial charge in [0, 0.05) is 23.9 Å². The standard InChI is InChI=1S/C32H52N8/c1-3-11-23(12-4-1)29-35-37-31(27-15-7-9-21-33-27)39(29)25-17-19-26(20-18-25)40-30(24-13-5-2-6-14-24)36-38-32(40)28-16-8-10-22-34-28/h23-28,33-34H,1-22H2. The Bertz CT molecular complexity index is 917. The van der Waals surface area contributed by atoms with Crippen molar-refractivity contribution >= 4 is 0 Å². The molecule has 4 heterocycles. The molecule has 3 aliphatic carbocycles. The summed E-state index contributed by atoms with van der Waals surface area (Å²) in [6, 6.07) is 1.78. The van der Waals surface area contributed by atoms with Crippen molar-refractivity contribution in [3.63, 3.8) is 0 Å². The van der Waals surface area contributed by atoms with Crippen LogP contribution in [0.5, 0.6) is 0 Å². The molecule has 2 aromatic heterocycles. The maximum atomic E-state index is 4.95. The van der Waals surface area contributed by atoms with Crippen LogP contribution >= 0.6 is 0 Å². The monoisotopic (exact) mass is 548 g/mol. The highest BCUT2D eigenvalue weighted by molar-refractivity contribution is 5.13. The van der Waals surface area contributed by atoms with E-state index in [-0.39, 0.29) is 0 Å². The largest absolute Gasteiger partial charge is 0.310 e. The molecule has 8 heteroatoms. The number of hydrogen-bond acceptors (Lipinski definition) is 6. The molecule has 0 bridgehead atoms. The molecule has 0 radical (unpaired) electrons. The normalized spacial score (nSPS) is 31.4. The number of rotatable bonds is 6. The van der Waals surface area contributed by atoms with Crippen LogP contribution in [-0.4, -0.2) is 42.6 Å². The molecule has 0 spiro atoms. The summed E-state index contributed by atoms with van der Waals surface area (Å²) >= 11 is 0. The van der Waals surface area contributed by atoms with E-state index in [4.69, 9.17) is 20.4 Å². The van der Waals surface area contributed by atoms with E-state index in [0.29, 0.717) is 36.0 Å². The van der Waals surface area contributed by atoms with E-state index in [1.807, 2.05) is 0 Å². The predicted octanol–water partition coefficient (Wildman–Crippen LogP) is 6.95. The van der Waals surface area contributed by atoms with Gasteiger partial charge in [0.05, 0.1) is 12.1 Å². The van der Waals surface area contributed by atoms with Crippen LogP contribution in [0, 0.1) is 0 Å². The molecule has 2 unspecified atom stereocenters. The Kier molecular flexibility index (Phi) is 8.52. The molecule has 8 nitrogen and oxygen atoms in total. The first kappa shape index (κ1) is 27.1. The molecule has 3 saturated carbocycles. The Balaban J connectivity index is 1.15. The van der Waals surface area contributed by atoms with Gasteiger partial charge in [-0.15, -0.1) is 20.4 Å². The molecule has 0 aromatic carbocycles. The van der Waals surface area contributed by atoms with E-state index >= 15 is 0 Å². The molecule has 5 aliphatic rings. The summed E-state index contributed by atoms with van der Waals surface area (Å²) in [5.41, 5.74) is 0. The second kappa shape index (κ2) is 12.6. The van der Waals surface area contributed by atoms with Crippen LogP contribution in [0.25, 0.3) is 0 Å². The summed E-state index contributed by atoms with van der Waals surface area (Å²) < 4.78 is 5.35. The number of nitrogens with one attached hydrogen (secondary N) is 2. The van der Waals surface area contributed by atoms with E-state index in [1.54, 1.807) is 0 Å². The van der Waals surface area contributed by atoms with E-state index in [2.05, 4.69) is 19.8 Å². The van der Waals surface area contributed by atoms with Gasteiger partial charge < -0.3 is 19.8 Å². The first-order valence-corrected chi connectivity index (χ1v) is 17.2. The molecule has 0 amide bonds. The van der Waals surface area contributed by atoms with Crippen molar-refractivity contribution in [1.82, 2.24) is 40.2 Å². The molecule has 220 valence electrons. The van der Waals surface area contributed by atoms with Crippen molar-refractivity contribution in [2.45, 2.75) is 164 Å². The van der Waals surface area contributed by atoms with Gasteiger partial charge in [-0.3, -0.25) is 0 Å². The van der Waals surface area contributed by atoms with Gasteiger partial charge in [0.2, 0.25) is 0 Å². The van der Waals surface area contributed by atoms with Crippen LogP contribution < -0.4 is 10.6 Å². The van der Waals surface area contributed by atoms with E-state index in [0.717, 1.165) is 13.1 Å². The average molecular weight is 549 g/mol. The maximum Gasteiger partial charge on any atom is 0.150 e. The SMILES string of the molecule is C1CCC(c2nnc(C3CCCCN3)n2C2CCC(n3c(C4CCCCC4)nnc3C3CCCCN3)CC2)CC1. The van der Waals surface area contributed by atoms with E-state index < -0.39 is 0 Å². The van der Waals surface area contributed by atoms with Crippen molar-refractivity contribution in [1.29, 1.82) is 0 Å². The Labute approximate surface area is 240 Å². The Morgan fingerprint density at radius 2 is 0.775 bits per heavy atom. The van der Waals surface area contributed by atoms with Crippen LogP contribution in [0.2, 0.25) is 0 Å². The summed E-state index contributed by atoms with van der Waals surface area (Å²) in [5.74, 6) is 6.28.